The summed E-state index contributed by atoms with van der Waals surface area (Å²) in [6.45, 7) is 3.07. The van der Waals surface area contributed by atoms with Gasteiger partial charge in [0.05, 0.1) is 12.1 Å². The largest absolute Gasteiger partial charge is 0.351 e. The van der Waals surface area contributed by atoms with E-state index in [-0.39, 0.29) is 6.54 Å². The first-order chi connectivity index (χ1) is 14.1. The van der Waals surface area contributed by atoms with Crippen LogP contribution < -0.4 is 5.32 Å². The molecule has 0 radical (unpaired) electrons. The van der Waals surface area contributed by atoms with Crippen LogP contribution in [0.2, 0.25) is 0 Å². The van der Waals surface area contributed by atoms with E-state index in [0.717, 1.165) is 59.0 Å². The Morgan fingerprint density at radius 1 is 1.24 bits per heavy atom. The lowest BCUT2D eigenvalue weighted by Gasteiger charge is -2.29. The van der Waals surface area contributed by atoms with Gasteiger partial charge in [0.2, 0.25) is 5.95 Å². The highest BCUT2D eigenvalue weighted by Gasteiger charge is 2.31. The number of H-pyrrole nitrogens is 1. The van der Waals surface area contributed by atoms with E-state index < -0.39 is 5.67 Å². The predicted octanol–water partition coefficient (Wildman–Crippen LogP) is 4.47. The van der Waals surface area contributed by atoms with Gasteiger partial charge < -0.3 is 10.3 Å². The van der Waals surface area contributed by atoms with Crippen molar-refractivity contribution < 1.29 is 4.39 Å². The van der Waals surface area contributed by atoms with Crippen LogP contribution in [-0.4, -0.2) is 42.2 Å². The molecule has 1 aliphatic carbocycles. The molecule has 2 N–H and O–H groups in total. The molecule has 0 saturated heterocycles. The van der Waals surface area contributed by atoms with Crippen LogP contribution in [0, 0.1) is 0 Å². The zero-order chi connectivity index (χ0) is 19.8. The molecule has 0 amide bonds. The van der Waals surface area contributed by atoms with Gasteiger partial charge in [-0.15, -0.1) is 5.10 Å². The number of rotatable bonds is 5. The van der Waals surface area contributed by atoms with Gasteiger partial charge in [0.25, 0.3) is 0 Å². The molecule has 0 atom stereocenters. The summed E-state index contributed by atoms with van der Waals surface area (Å²) in [6, 6.07) is 6.09. The van der Waals surface area contributed by atoms with Crippen molar-refractivity contribution in [3.63, 3.8) is 0 Å². The zero-order valence-electron chi connectivity index (χ0n) is 16.5. The zero-order valence-corrected chi connectivity index (χ0v) is 16.5. The molecule has 1 saturated carbocycles. The van der Waals surface area contributed by atoms with Gasteiger partial charge in [0.1, 0.15) is 16.8 Å². The Morgan fingerprint density at radius 3 is 2.93 bits per heavy atom. The summed E-state index contributed by atoms with van der Waals surface area (Å²) in [7, 11) is 0. The van der Waals surface area contributed by atoms with Gasteiger partial charge in [0, 0.05) is 29.9 Å². The summed E-state index contributed by atoms with van der Waals surface area (Å²) >= 11 is 0. The first-order valence-electron chi connectivity index (χ1n) is 10.3. The average Bonchev–Trinajstić information content (AvgIpc) is 3.36. The Bertz CT molecular complexity index is 1160. The number of hydrogen-bond donors (Lipinski definition) is 2. The van der Waals surface area contributed by atoms with Gasteiger partial charge >= 0.3 is 0 Å². The number of benzene rings is 1. The van der Waals surface area contributed by atoms with E-state index >= 15 is 0 Å². The highest BCUT2D eigenvalue weighted by atomic mass is 19.1. The molecule has 1 fully saturated rings. The molecule has 1 aromatic carbocycles. The maximum Gasteiger partial charge on any atom is 0.224 e. The maximum absolute atomic E-state index is 14.8. The minimum Gasteiger partial charge on any atom is -0.351 e. The van der Waals surface area contributed by atoms with Gasteiger partial charge in [-0.3, -0.25) is 0 Å². The Balaban J connectivity index is 1.42. The molecule has 0 spiro atoms. The van der Waals surface area contributed by atoms with E-state index in [1.165, 1.54) is 0 Å². The molecule has 150 valence electrons. The Labute approximate surface area is 167 Å². The van der Waals surface area contributed by atoms with E-state index in [1.54, 1.807) is 6.20 Å². The minimum atomic E-state index is -1.15. The number of aromatic nitrogens is 6. The second-order valence-corrected chi connectivity index (χ2v) is 7.83. The number of nitrogens with one attached hydrogen (secondary N) is 2. The quantitative estimate of drug-likeness (QED) is 0.522. The van der Waals surface area contributed by atoms with Crippen LogP contribution in [0.3, 0.4) is 0 Å². The molecule has 3 heterocycles. The van der Waals surface area contributed by atoms with Gasteiger partial charge in [-0.1, -0.05) is 30.5 Å². The van der Waals surface area contributed by atoms with Crippen LogP contribution in [0.1, 0.15) is 39.0 Å². The van der Waals surface area contributed by atoms with Crippen molar-refractivity contribution in [2.45, 2.75) is 51.2 Å². The SMILES string of the molecule is CCn1nnc2ccc(-c3c[nH]c4nc(NCC5(F)CCCCC5)ncc34)cc21. The lowest BCUT2D eigenvalue weighted by atomic mass is 9.86. The summed E-state index contributed by atoms with van der Waals surface area (Å²) in [6.07, 6.45) is 7.98. The summed E-state index contributed by atoms with van der Waals surface area (Å²) in [5, 5.41) is 12.4. The van der Waals surface area contributed by atoms with Gasteiger partial charge in [-0.05, 0) is 37.5 Å². The predicted molar refractivity (Wildman–Crippen MR) is 111 cm³/mol. The van der Waals surface area contributed by atoms with Crippen LogP contribution in [0.4, 0.5) is 10.3 Å². The highest BCUT2D eigenvalue weighted by Crippen LogP contribution is 2.32. The van der Waals surface area contributed by atoms with Crippen LogP contribution in [0.25, 0.3) is 33.2 Å². The fraction of sp³-hybridized carbons (Fsp3) is 0.429. The number of hydrogen-bond acceptors (Lipinski definition) is 5. The normalized spacial score (nSPS) is 16.5. The molecular formula is C21H24FN7. The van der Waals surface area contributed by atoms with Crippen LogP contribution in [0.5, 0.6) is 0 Å². The molecule has 4 aromatic rings. The van der Waals surface area contributed by atoms with Crippen LogP contribution >= 0.6 is 0 Å². The fourth-order valence-corrected chi connectivity index (χ4v) is 4.20. The second-order valence-electron chi connectivity index (χ2n) is 7.83. The van der Waals surface area contributed by atoms with Crippen molar-refractivity contribution in [2.24, 2.45) is 0 Å². The topological polar surface area (TPSA) is 84.3 Å². The summed E-state index contributed by atoms with van der Waals surface area (Å²) in [5.74, 6) is 0.456. The summed E-state index contributed by atoms with van der Waals surface area (Å²) in [5.41, 5.74) is 3.53. The monoisotopic (exact) mass is 393 g/mol. The smallest absolute Gasteiger partial charge is 0.224 e. The van der Waals surface area contributed by atoms with Crippen molar-refractivity contribution in [1.29, 1.82) is 0 Å². The number of aromatic amines is 1. The Kier molecular flexibility index (Phi) is 4.41. The van der Waals surface area contributed by atoms with Gasteiger partial charge in [-0.2, -0.15) is 4.98 Å². The Morgan fingerprint density at radius 2 is 2.10 bits per heavy atom. The van der Waals surface area contributed by atoms with Crippen molar-refractivity contribution in [1.82, 2.24) is 29.9 Å². The second kappa shape index (κ2) is 7.09. The van der Waals surface area contributed by atoms with Crippen molar-refractivity contribution >= 4 is 28.0 Å². The highest BCUT2D eigenvalue weighted by molar-refractivity contribution is 5.95. The van der Waals surface area contributed by atoms with Gasteiger partial charge in [0.15, 0.2) is 0 Å². The molecular weight excluding hydrogens is 369 g/mol. The molecule has 5 rings (SSSR count). The van der Waals surface area contributed by atoms with Crippen LogP contribution in [-0.2, 0) is 6.54 Å². The summed E-state index contributed by atoms with van der Waals surface area (Å²) in [4.78, 5) is 12.2. The number of alkyl halides is 1. The van der Waals surface area contributed by atoms with Crippen molar-refractivity contribution in [2.75, 3.05) is 11.9 Å². The molecule has 0 unspecified atom stereocenters. The Hall–Kier alpha value is -3.03. The number of nitrogens with zero attached hydrogens (tertiary/aromatic N) is 5. The molecule has 29 heavy (non-hydrogen) atoms. The maximum atomic E-state index is 14.8. The first kappa shape index (κ1) is 18.0. The summed E-state index contributed by atoms with van der Waals surface area (Å²) < 4.78 is 16.7. The number of halogens is 1. The van der Waals surface area contributed by atoms with E-state index in [1.807, 2.05) is 29.9 Å². The number of aryl methyl sites for hydroxylation is 1. The number of fused-ring (bicyclic) bond motifs is 2. The van der Waals surface area contributed by atoms with Crippen LogP contribution in [0.15, 0.2) is 30.6 Å². The van der Waals surface area contributed by atoms with E-state index in [4.69, 9.17) is 0 Å². The third-order valence-corrected chi connectivity index (χ3v) is 5.87. The molecule has 3 aromatic heterocycles. The molecule has 0 bridgehead atoms. The van der Waals surface area contributed by atoms with E-state index in [9.17, 15) is 4.39 Å². The lowest BCUT2D eigenvalue weighted by molar-refractivity contribution is 0.122. The third-order valence-electron chi connectivity index (χ3n) is 5.87. The third kappa shape index (κ3) is 3.32. The molecule has 8 heteroatoms. The fourth-order valence-electron chi connectivity index (χ4n) is 4.20. The standard InChI is InChI=1S/C21H24FN7/c1-2-29-18-10-14(6-7-17(18)27-28-29)15-11-23-19-16(15)12-24-20(26-19)25-13-21(22)8-4-3-5-9-21/h6-7,10-12H,2-5,8-9,13H2,1H3,(H2,23,24,25,26). The van der Waals surface area contributed by atoms with Crippen molar-refractivity contribution in [3.8, 4) is 11.1 Å². The van der Waals surface area contributed by atoms with E-state index in [0.29, 0.717) is 18.8 Å². The number of anilines is 1. The molecule has 1 aliphatic rings. The lowest BCUT2D eigenvalue weighted by Crippen LogP contribution is -2.34. The molecule has 7 nitrogen and oxygen atoms in total. The first-order valence-corrected chi connectivity index (χ1v) is 10.3. The van der Waals surface area contributed by atoms with E-state index in [2.05, 4.69) is 36.6 Å². The average molecular weight is 393 g/mol. The van der Waals surface area contributed by atoms with Gasteiger partial charge in [-0.25, -0.2) is 14.1 Å². The minimum absolute atomic E-state index is 0.261. The van der Waals surface area contributed by atoms with Crippen molar-refractivity contribution in [3.05, 3.63) is 30.6 Å². The molecule has 0 aliphatic heterocycles.